The molecule has 112 valence electrons. The normalized spacial score (nSPS) is 19.0. The molecular formula is C15H17FN2O3. The zero-order chi connectivity index (χ0) is 14.7. The highest BCUT2D eigenvalue weighted by Crippen LogP contribution is 2.10. The van der Waals surface area contributed by atoms with E-state index in [-0.39, 0.29) is 11.5 Å². The number of pyridine rings is 1. The highest BCUT2D eigenvalue weighted by Gasteiger charge is 2.13. The van der Waals surface area contributed by atoms with E-state index in [9.17, 15) is 9.18 Å². The Hall–Kier alpha value is -1.76. The van der Waals surface area contributed by atoms with E-state index in [1.54, 1.807) is 6.07 Å². The molecule has 1 atom stereocenters. The van der Waals surface area contributed by atoms with Crippen molar-refractivity contribution in [1.29, 1.82) is 0 Å². The van der Waals surface area contributed by atoms with Gasteiger partial charge in [-0.25, -0.2) is 4.39 Å². The highest BCUT2D eigenvalue weighted by molar-refractivity contribution is 5.78. The molecule has 21 heavy (non-hydrogen) atoms. The minimum Gasteiger partial charge on any atom is -0.376 e. The van der Waals surface area contributed by atoms with Gasteiger partial charge in [0.25, 0.3) is 0 Å². The molecule has 0 amide bonds. The van der Waals surface area contributed by atoms with E-state index in [1.807, 2.05) is 0 Å². The molecule has 0 bridgehead atoms. The van der Waals surface area contributed by atoms with Gasteiger partial charge in [0.1, 0.15) is 5.82 Å². The summed E-state index contributed by atoms with van der Waals surface area (Å²) in [5, 5.41) is 3.59. The summed E-state index contributed by atoms with van der Waals surface area (Å²) in [6.45, 7) is 3.02. The Bertz CT molecular complexity index is 680. The van der Waals surface area contributed by atoms with E-state index in [0.717, 1.165) is 5.69 Å². The monoisotopic (exact) mass is 292 g/mol. The molecule has 2 heterocycles. The van der Waals surface area contributed by atoms with E-state index in [2.05, 4.69) is 10.3 Å². The van der Waals surface area contributed by atoms with Crippen LogP contribution in [-0.2, 0) is 16.0 Å². The Balaban J connectivity index is 1.67. The van der Waals surface area contributed by atoms with E-state index < -0.39 is 5.82 Å². The van der Waals surface area contributed by atoms with Crippen LogP contribution in [0.25, 0.3) is 10.9 Å². The summed E-state index contributed by atoms with van der Waals surface area (Å²) in [5.74, 6) is -0.409. The van der Waals surface area contributed by atoms with Crippen molar-refractivity contribution in [3.8, 4) is 0 Å². The van der Waals surface area contributed by atoms with Gasteiger partial charge in [-0.05, 0) is 18.2 Å². The molecule has 2 aromatic rings. The maximum Gasteiger partial charge on any atom is 0.189 e. The van der Waals surface area contributed by atoms with Crippen LogP contribution in [-0.4, -0.2) is 37.5 Å². The molecule has 1 aromatic carbocycles. The third-order valence-corrected chi connectivity index (χ3v) is 3.42. The van der Waals surface area contributed by atoms with Gasteiger partial charge < -0.3 is 19.8 Å². The number of aromatic amines is 1. The Kier molecular flexibility index (Phi) is 4.28. The lowest BCUT2D eigenvalue weighted by molar-refractivity contribution is -0.0864. The number of rotatable bonds is 4. The van der Waals surface area contributed by atoms with Gasteiger partial charge in [0, 0.05) is 35.8 Å². The Morgan fingerprint density at radius 3 is 3.05 bits per heavy atom. The second-order valence-electron chi connectivity index (χ2n) is 5.05. The number of hydrogen-bond acceptors (Lipinski definition) is 4. The van der Waals surface area contributed by atoms with Crippen molar-refractivity contribution in [3.63, 3.8) is 0 Å². The summed E-state index contributed by atoms with van der Waals surface area (Å²) < 4.78 is 24.0. The predicted octanol–water partition coefficient (Wildman–Crippen LogP) is 1.17. The first kappa shape index (κ1) is 14.2. The molecule has 3 rings (SSSR count). The van der Waals surface area contributed by atoms with Crippen molar-refractivity contribution in [1.82, 2.24) is 10.3 Å². The number of aromatic nitrogens is 1. The lowest BCUT2D eigenvalue weighted by Gasteiger charge is -2.23. The molecule has 0 spiro atoms. The van der Waals surface area contributed by atoms with Gasteiger partial charge in [0.2, 0.25) is 0 Å². The third kappa shape index (κ3) is 3.47. The number of nitrogens with one attached hydrogen (secondary N) is 2. The number of benzene rings is 1. The van der Waals surface area contributed by atoms with E-state index in [1.165, 1.54) is 18.2 Å². The Morgan fingerprint density at radius 1 is 1.33 bits per heavy atom. The van der Waals surface area contributed by atoms with Crippen molar-refractivity contribution in [2.24, 2.45) is 0 Å². The largest absolute Gasteiger partial charge is 0.376 e. The topological polar surface area (TPSA) is 63.4 Å². The van der Waals surface area contributed by atoms with Crippen LogP contribution >= 0.6 is 0 Å². The first-order valence-electron chi connectivity index (χ1n) is 6.94. The van der Waals surface area contributed by atoms with Gasteiger partial charge in [-0.15, -0.1) is 0 Å². The molecule has 1 fully saturated rings. The average Bonchev–Trinajstić information content (AvgIpc) is 2.49. The van der Waals surface area contributed by atoms with Crippen LogP contribution in [0.15, 0.2) is 29.1 Å². The smallest absolute Gasteiger partial charge is 0.189 e. The number of fused-ring (bicyclic) bond motifs is 1. The number of hydrogen-bond donors (Lipinski definition) is 2. The molecule has 6 heteroatoms. The van der Waals surface area contributed by atoms with E-state index >= 15 is 0 Å². The SMILES string of the molecule is O=c1cc(CNCC2COCCO2)[nH]c2ccc(F)cc12. The van der Waals surface area contributed by atoms with E-state index in [0.29, 0.717) is 43.8 Å². The molecule has 1 aliphatic heterocycles. The van der Waals surface area contributed by atoms with Crippen LogP contribution < -0.4 is 10.7 Å². The number of halogens is 1. The van der Waals surface area contributed by atoms with Crippen molar-refractivity contribution in [2.75, 3.05) is 26.4 Å². The highest BCUT2D eigenvalue weighted by atomic mass is 19.1. The molecule has 1 aromatic heterocycles. The maximum atomic E-state index is 13.1. The second-order valence-corrected chi connectivity index (χ2v) is 5.05. The first-order valence-corrected chi connectivity index (χ1v) is 6.94. The molecule has 0 aliphatic carbocycles. The second kappa shape index (κ2) is 6.34. The first-order chi connectivity index (χ1) is 10.2. The maximum absolute atomic E-state index is 13.1. The van der Waals surface area contributed by atoms with Crippen molar-refractivity contribution in [3.05, 3.63) is 46.0 Å². The fourth-order valence-electron chi connectivity index (χ4n) is 2.39. The minimum absolute atomic E-state index is 0.0417. The summed E-state index contributed by atoms with van der Waals surface area (Å²) >= 11 is 0. The van der Waals surface area contributed by atoms with E-state index in [4.69, 9.17) is 9.47 Å². The standard InChI is InChI=1S/C15H17FN2O3/c16-10-1-2-14-13(5-10)15(19)6-11(18-14)7-17-8-12-9-20-3-4-21-12/h1-2,5-6,12,17H,3-4,7-9H2,(H,18,19). The molecule has 2 N–H and O–H groups in total. The van der Waals surface area contributed by atoms with Gasteiger partial charge in [-0.2, -0.15) is 0 Å². The van der Waals surface area contributed by atoms with Crippen LogP contribution in [0.3, 0.4) is 0 Å². The zero-order valence-corrected chi connectivity index (χ0v) is 11.5. The molecule has 0 radical (unpaired) electrons. The minimum atomic E-state index is -0.409. The van der Waals surface area contributed by atoms with Gasteiger partial charge >= 0.3 is 0 Å². The molecule has 1 unspecified atom stereocenters. The fraction of sp³-hybridized carbons (Fsp3) is 0.400. The van der Waals surface area contributed by atoms with Gasteiger partial charge in [-0.3, -0.25) is 4.79 Å². The predicted molar refractivity (Wildman–Crippen MR) is 76.8 cm³/mol. The van der Waals surface area contributed by atoms with Crippen LogP contribution in [0.2, 0.25) is 0 Å². The molecule has 1 saturated heterocycles. The van der Waals surface area contributed by atoms with Crippen molar-refractivity contribution in [2.45, 2.75) is 12.6 Å². The zero-order valence-electron chi connectivity index (χ0n) is 11.5. The summed E-state index contributed by atoms with van der Waals surface area (Å²) in [6, 6.07) is 5.65. The lowest BCUT2D eigenvalue weighted by atomic mass is 10.2. The van der Waals surface area contributed by atoms with Gasteiger partial charge in [0.15, 0.2) is 5.43 Å². The Morgan fingerprint density at radius 2 is 2.24 bits per heavy atom. The van der Waals surface area contributed by atoms with Crippen LogP contribution in [0.4, 0.5) is 4.39 Å². The van der Waals surface area contributed by atoms with Crippen LogP contribution in [0, 0.1) is 5.82 Å². The molecule has 5 nitrogen and oxygen atoms in total. The van der Waals surface area contributed by atoms with Gasteiger partial charge in [0.05, 0.1) is 25.9 Å². The molecule has 1 aliphatic rings. The average molecular weight is 292 g/mol. The summed E-state index contributed by atoms with van der Waals surface area (Å²) in [6.07, 6.45) is 0.0417. The van der Waals surface area contributed by atoms with Crippen LogP contribution in [0.5, 0.6) is 0 Å². The quantitative estimate of drug-likeness (QED) is 0.888. The fourth-order valence-corrected chi connectivity index (χ4v) is 2.39. The van der Waals surface area contributed by atoms with Crippen LogP contribution in [0.1, 0.15) is 5.69 Å². The molecular weight excluding hydrogens is 275 g/mol. The molecule has 0 saturated carbocycles. The van der Waals surface area contributed by atoms with Crippen molar-refractivity contribution >= 4 is 10.9 Å². The Labute approximate surface area is 121 Å². The summed E-state index contributed by atoms with van der Waals surface area (Å²) in [7, 11) is 0. The summed E-state index contributed by atoms with van der Waals surface area (Å²) in [5.41, 5.74) is 1.21. The number of H-pyrrole nitrogens is 1. The third-order valence-electron chi connectivity index (χ3n) is 3.42. The summed E-state index contributed by atoms with van der Waals surface area (Å²) in [4.78, 5) is 15.1. The number of ether oxygens (including phenoxy) is 2. The lowest BCUT2D eigenvalue weighted by Crippen LogP contribution is -2.37. The van der Waals surface area contributed by atoms with Gasteiger partial charge in [-0.1, -0.05) is 0 Å². The van der Waals surface area contributed by atoms with Crippen molar-refractivity contribution < 1.29 is 13.9 Å².